The lowest BCUT2D eigenvalue weighted by Gasteiger charge is -2.21. The molecule has 0 radical (unpaired) electrons. The fourth-order valence-corrected chi connectivity index (χ4v) is 2.68. The number of aromatic nitrogens is 1. The predicted molar refractivity (Wildman–Crippen MR) is 82.2 cm³/mol. The largest absolute Gasteiger partial charge is 0.373 e. The van der Waals surface area contributed by atoms with Crippen LogP contribution < -0.4 is 5.32 Å². The fourth-order valence-electron chi connectivity index (χ4n) is 2.68. The highest BCUT2D eigenvalue weighted by atomic mass is 16.2. The number of carbonyl (C=O) groups excluding carboxylic acids is 1. The second-order valence-electron chi connectivity index (χ2n) is 5.44. The molecule has 0 spiro atoms. The molecule has 4 nitrogen and oxygen atoms in total. The van der Waals surface area contributed by atoms with Gasteiger partial charge in [0.2, 0.25) is 0 Å². The first-order valence-electron chi connectivity index (χ1n) is 7.72. The Morgan fingerprint density at radius 3 is 2.55 bits per heavy atom. The summed E-state index contributed by atoms with van der Waals surface area (Å²) in [6.07, 6.45) is 6.67. The molecule has 0 saturated carbocycles. The zero-order valence-corrected chi connectivity index (χ0v) is 12.6. The van der Waals surface area contributed by atoms with Gasteiger partial charge in [-0.05, 0) is 31.4 Å². The molecule has 0 aliphatic carbocycles. The topological polar surface area (TPSA) is 45.2 Å². The van der Waals surface area contributed by atoms with Crippen molar-refractivity contribution in [2.75, 3.05) is 25.5 Å². The minimum atomic E-state index is 0.156. The fraction of sp³-hybridized carbons (Fsp3) is 0.625. The number of pyridine rings is 1. The number of amides is 1. The van der Waals surface area contributed by atoms with Crippen molar-refractivity contribution < 1.29 is 4.79 Å². The maximum absolute atomic E-state index is 12.6. The average molecular weight is 275 g/mol. The molecule has 0 atom stereocenters. The van der Waals surface area contributed by atoms with Crippen LogP contribution in [-0.4, -0.2) is 35.9 Å². The summed E-state index contributed by atoms with van der Waals surface area (Å²) in [6, 6.07) is 3.82. The highest BCUT2D eigenvalue weighted by molar-refractivity contribution is 5.95. The van der Waals surface area contributed by atoms with Crippen molar-refractivity contribution in [2.24, 2.45) is 0 Å². The Balaban J connectivity index is 2.20. The molecular formula is C16H25N3O. The number of carbonyl (C=O) groups is 1. The third-order valence-electron chi connectivity index (χ3n) is 3.78. The molecule has 1 amide bonds. The SMILES string of the molecule is CCCc1cc(C(=O)N2CCCCCC2)cc(NC)n1. The Bertz CT molecular complexity index is 451. The van der Waals surface area contributed by atoms with E-state index in [1.165, 1.54) is 12.8 Å². The summed E-state index contributed by atoms with van der Waals surface area (Å²) in [5.41, 5.74) is 1.77. The van der Waals surface area contributed by atoms with Crippen LogP contribution >= 0.6 is 0 Å². The van der Waals surface area contributed by atoms with Gasteiger partial charge >= 0.3 is 0 Å². The van der Waals surface area contributed by atoms with Crippen LogP contribution in [0, 0.1) is 0 Å². The second kappa shape index (κ2) is 7.27. The van der Waals surface area contributed by atoms with Crippen molar-refractivity contribution in [1.29, 1.82) is 0 Å². The Morgan fingerprint density at radius 1 is 1.25 bits per heavy atom. The molecule has 1 saturated heterocycles. The Labute approximate surface area is 121 Å². The van der Waals surface area contributed by atoms with E-state index in [9.17, 15) is 4.79 Å². The molecule has 0 bridgehead atoms. The van der Waals surface area contributed by atoms with Crippen molar-refractivity contribution >= 4 is 11.7 Å². The summed E-state index contributed by atoms with van der Waals surface area (Å²) in [4.78, 5) is 19.2. The summed E-state index contributed by atoms with van der Waals surface area (Å²) >= 11 is 0. The second-order valence-corrected chi connectivity index (χ2v) is 5.44. The molecule has 20 heavy (non-hydrogen) atoms. The highest BCUT2D eigenvalue weighted by Gasteiger charge is 2.18. The van der Waals surface area contributed by atoms with Crippen LogP contribution in [0.15, 0.2) is 12.1 Å². The van der Waals surface area contributed by atoms with E-state index in [4.69, 9.17) is 0 Å². The van der Waals surface area contributed by atoms with Crippen LogP contribution in [0.25, 0.3) is 0 Å². The summed E-state index contributed by atoms with van der Waals surface area (Å²) < 4.78 is 0. The summed E-state index contributed by atoms with van der Waals surface area (Å²) in [7, 11) is 1.85. The van der Waals surface area contributed by atoms with Crippen molar-refractivity contribution in [3.05, 3.63) is 23.4 Å². The van der Waals surface area contributed by atoms with E-state index in [0.29, 0.717) is 0 Å². The molecule has 1 aliphatic heterocycles. The lowest BCUT2D eigenvalue weighted by atomic mass is 10.1. The van der Waals surface area contributed by atoms with Crippen LogP contribution in [0.1, 0.15) is 55.1 Å². The van der Waals surface area contributed by atoms with Gasteiger partial charge in [0, 0.05) is 31.4 Å². The van der Waals surface area contributed by atoms with Crippen molar-refractivity contribution in [1.82, 2.24) is 9.88 Å². The van der Waals surface area contributed by atoms with E-state index in [1.807, 2.05) is 24.1 Å². The van der Waals surface area contributed by atoms with E-state index < -0.39 is 0 Å². The van der Waals surface area contributed by atoms with Crippen LogP contribution in [0.2, 0.25) is 0 Å². The summed E-state index contributed by atoms with van der Waals surface area (Å²) in [5, 5.41) is 3.05. The number of hydrogen-bond donors (Lipinski definition) is 1. The zero-order chi connectivity index (χ0) is 14.4. The molecule has 0 unspecified atom stereocenters. The van der Waals surface area contributed by atoms with Crippen LogP contribution in [0.3, 0.4) is 0 Å². The third kappa shape index (κ3) is 3.71. The van der Waals surface area contributed by atoms with Crippen LogP contribution in [-0.2, 0) is 6.42 Å². The number of nitrogens with zero attached hydrogens (tertiary/aromatic N) is 2. The van der Waals surface area contributed by atoms with Gasteiger partial charge in [-0.25, -0.2) is 4.98 Å². The highest BCUT2D eigenvalue weighted by Crippen LogP contribution is 2.17. The van der Waals surface area contributed by atoms with Gasteiger partial charge in [-0.3, -0.25) is 4.79 Å². The molecule has 4 heteroatoms. The smallest absolute Gasteiger partial charge is 0.254 e. The predicted octanol–water partition coefficient (Wildman–Crippen LogP) is 3.09. The first-order valence-corrected chi connectivity index (χ1v) is 7.72. The number of rotatable bonds is 4. The number of nitrogens with one attached hydrogen (secondary N) is 1. The maximum atomic E-state index is 12.6. The van der Waals surface area contributed by atoms with E-state index in [-0.39, 0.29) is 5.91 Å². The van der Waals surface area contributed by atoms with Gasteiger partial charge in [-0.2, -0.15) is 0 Å². The minimum Gasteiger partial charge on any atom is -0.373 e. The maximum Gasteiger partial charge on any atom is 0.254 e. The van der Waals surface area contributed by atoms with Gasteiger partial charge in [-0.1, -0.05) is 26.2 Å². The normalized spacial score (nSPS) is 15.8. The third-order valence-corrected chi connectivity index (χ3v) is 3.78. The molecule has 2 heterocycles. The van der Waals surface area contributed by atoms with E-state index >= 15 is 0 Å². The molecule has 1 N–H and O–H groups in total. The van der Waals surface area contributed by atoms with E-state index in [2.05, 4.69) is 17.2 Å². The monoisotopic (exact) mass is 275 g/mol. The van der Waals surface area contributed by atoms with E-state index in [0.717, 1.165) is 55.8 Å². The molecule has 0 aromatic carbocycles. The number of likely N-dealkylation sites (tertiary alicyclic amines) is 1. The Morgan fingerprint density at radius 2 is 1.95 bits per heavy atom. The van der Waals surface area contributed by atoms with Gasteiger partial charge in [-0.15, -0.1) is 0 Å². The molecular weight excluding hydrogens is 250 g/mol. The van der Waals surface area contributed by atoms with Gasteiger partial charge in [0.1, 0.15) is 5.82 Å². The van der Waals surface area contributed by atoms with Gasteiger partial charge < -0.3 is 10.2 Å². The first-order chi connectivity index (χ1) is 9.74. The molecule has 1 aromatic rings. The van der Waals surface area contributed by atoms with Crippen LogP contribution in [0.4, 0.5) is 5.82 Å². The molecule has 2 rings (SSSR count). The summed E-state index contributed by atoms with van der Waals surface area (Å²) in [5.74, 6) is 0.942. The van der Waals surface area contributed by atoms with Gasteiger partial charge in [0.15, 0.2) is 0 Å². The Hall–Kier alpha value is -1.58. The molecule has 1 aromatic heterocycles. The van der Waals surface area contributed by atoms with Crippen molar-refractivity contribution in [3.63, 3.8) is 0 Å². The number of hydrogen-bond acceptors (Lipinski definition) is 3. The van der Waals surface area contributed by atoms with Crippen molar-refractivity contribution in [3.8, 4) is 0 Å². The van der Waals surface area contributed by atoms with Crippen molar-refractivity contribution in [2.45, 2.75) is 45.4 Å². The zero-order valence-electron chi connectivity index (χ0n) is 12.6. The number of anilines is 1. The standard InChI is InChI=1S/C16H25N3O/c1-3-8-14-11-13(12-15(17-2)18-14)16(20)19-9-6-4-5-7-10-19/h11-12H,3-10H2,1-2H3,(H,17,18). The summed E-state index contributed by atoms with van der Waals surface area (Å²) in [6.45, 7) is 3.91. The number of aryl methyl sites for hydroxylation is 1. The molecule has 1 fully saturated rings. The molecule has 110 valence electrons. The van der Waals surface area contributed by atoms with Crippen LogP contribution in [0.5, 0.6) is 0 Å². The quantitative estimate of drug-likeness (QED) is 0.918. The Kier molecular flexibility index (Phi) is 5.39. The average Bonchev–Trinajstić information content (AvgIpc) is 2.75. The van der Waals surface area contributed by atoms with E-state index in [1.54, 1.807) is 0 Å². The molecule has 1 aliphatic rings. The lowest BCUT2D eigenvalue weighted by molar-refractivity contribution is 0.0761. The minimum absolute atomic E-state index is 0.156. The van der Waals surface area contributed by atoms with Gasteiger partial charge in [0.05, 0.1) is 0 Å². The van der Waals surface area contributed by atoms with Gasteiger partial charge in [0.25, 0.3) is 5.91 Å². The first kappa shape index (κ1) is 14.8. The lowest BCUT2D eigenvalue weighted by Crippen LogP contribution is -2.32.